The summed E-state index contributed by atoms with van der Waals surface area (Å²) in [6.45, 7) is 1.76. The van der Waals surface area contributed by atoms with Crippen molar-refractivity contribution in [3.8, 4) is 5.75 Å². The Morgan fingerprint density at radius 3 is 2.89 bits per heavy atom. The second-order valence-corrected chi connectivity index (χ2v) is 4.89. The van der Waals surface area contributed by atoms with Gasteiger partial charge < -0.3 is 19.8 Å². The third kappa shape index (κ3) is 2.57. The predicted octanol–water partition coefficient (Wildman–Crippen LogP) is 0.887. The van der Waals surface area contributed by atoms with Crippen LogP contribution in [0.1, 0.15) is 25.3 Å². The van der Waals surface area contributed by atoms with Gasteiger partial charge in [-0.25, -0.2) is 0 Å². The Balaban J connectivity index is 2.22. The van der Waals surface area contributed by atoms with E-state index in [0.717, 1.165) is 5.56 Å². The normalized spacial score (nSPS) is 24.6. The lowest BCUT2D eigenvalue weighted by Gasteiger charge is -2.36. The molecular weight excluding hydrogens is 246 g/mol. The van der Waals surface area contributed by atoms with Crippen LogP contribution in [0.25, 0.3) is 0 Å². The lowest BCUT2D eigenvalue weighted by Crippen LogP contribution is -2.52. The second-order valence-electron chi connectivity index (χ2n) is 4.89. The molecule has 104 valence electrons. The van der Waals surface area contributed by atoms with Gasteiger partial charge in [-0.2, -0.15) is 0 Å². The fraction of sp³-hybridized carbons (Fsp3) is 0.500. The first kappa shape index (κ1) is 13.8. The van der Waals surface area contributed by atoms with Gasteiger partial charge >= 0.3 is 0 Å². The van der Waals surface area contributed by atoms with E-state index in [9.17, 15) is 15.0 Å². The number of aliphatic hydroxyl groups excluding tert-OH is 1. The maximum atomic E-state index is 11.9. The first-order chi connectivity index (χ1) is 8.97. The zero-order valence-corrected chi connectivity index (χ0v) is 11.2. The topological polar surface area (TPSA) is 70.0 Å². The van der Waals surface area contributed by atoms with Crippen molar-refractivity contribution in [3.05, 3.63) is 29.8 Å². The van der Waals surface area contributed by atoms with Crippen LogP contribution in [0.5, 0.6) is 5.75 Å². The Bertz CT molecular complexity index is 474. The summed E-state index contributed by atoms with van der Waals surface area (Å²) < 4.78 is 5.13. The molecule has 0 bridgehead atoms. The smallest absolute Gasteiger partial charge is 0.225 e. The molecule has 19 heavy (non-hydrogen) atoms. The molecule has 2 atom stereocenters. The van der Waals surface area contributed by atoms with Gasteiger partial charge in [-0.15, -0.1) is 0 Å². The molecule has 1 heterocycles. The minimum Gasteiger partial charge on any atom is -0.497 e. The average molecular weight is 265 g/mol. The molecule has 1 amide bonds. The number of carbonyl (C=O) groups excluding carboxylic acids is 1. The van der Waals surface area contributed by atoms with Crippen molar-refractivity contribution in [2.24, 2.45) is 0 Å². The number of aliphatic hydroxyl groups is 2. The number of amides is 1. The second kappa shape index (κ2) is 5.19. The molecule has 5 nitrogen and oxygen atoms in total. The Hall–Kier alpha value is -1.59. The predicted molar refractivity (Wildman–Crippen MR) is 69.4 cm³/mol. The molecule has 5 heteroatoms. The lowest BCUT2D eigenvalue weighted by molar-refractivity contribution is -0.172. The van der Waals surface area contributed by atoms with E-state index in [1.165, 1.54) is 11.8 Å². The Labute approximate surface area is 112 Å². The van der Waals surface area contributed by atoms with E-state index in [4.69, 9.17) is 4.74 Å². The van der Waals surface area contributed by atoms with Crippen LogP contribution in [0.15, 0.2) is 24.3 Å². The third-order valence-corrected chi connectivity index (χ3v) is 3.62. The molecular formula is C14H19NO4. The minimum absolute atomic E-state index is 0.147. The van der Waals surface area contributed by atoms with E-state index in [0.29, 0.717) is 5.75 Å². The highest BCUT2D eigenvalue weighted by Gasteiger charge is 2.47. The summed E-state index contributed by atoms with van der Waals surface area (Å²) in [5.41, 5.74) is -0.617. The summed E-state index contributed by atoms with van der Waals surface area (Å²) in [6, 6.07) is 7.32. The van der Waals surface area contributed by atoms with Gasteiger partial charge in [-0.3, -0.25) is 4.79 Å². The van der Waals surface area contributed by atoms with Crippen LogP contribution >= 0.6 is 0 Å². The molecule has 0 aromatic heterocycles. The van der Waals surface area contributed by atoms with E-state index in [1.807, 2.05) is 24.3 Å². The molecule has 0 saturated carbocycles. The first-order valence-electron chi connectivity index (χ1n) is 6.31. The Kier molecular flexibility index (Phi) is 3.78. The summed E-state index contributed by atoms with van der Waals surface area (Å²) in [4.78, 5) is 13.2. The fourth-order valence-corrected chi connectivity index (χ4v) is 2.39. The number of ether oxygens (including phenoxy) is 1. The SMILES string of the molecule is COc1cccc(CN2C(=O)CCC2(O)C(C)O)c1. The van der Waals surface area contributed by atoms with Crippen molar-refractivity contribution in [1.29, 1.82) is 0 Å². The summed E-state index contributed by atoms with van der Waals surface area (Å²) in [7, 11) is 1.58. The van der Waals surface area contributed by atoms with Crippen molar-refractivity contribution >= 4 is 5.91 Å². The van der Waals surface area contributed by atoms with Gasteiger partial charge in [0, 0.05) is 19.4 Å². The number of hydrogen-bond acceptors (Lipinski definition) is 4. The van der Waals surface area contributed by atoms with E-state index < -0.39 is 11.8 Å². The van der Waals surface area contributed by atoms with Gasteiger partial charge in [0.1, 0.15) is 5.75 Å². The van der Waals surface area contributed by atoms with Crippen molar-refractivity contribution < 1.29 is 19.7 Å². The molecule has 0 spiro atoms. The number of carbonyl (C=O) groups is 1. The molecule has 0 radical (unpaired) electrons. The Morgan fingerprint density at radius 2 is 2.26 bits per heavy atom. The highest BCUT2D eigenvalue weighted by molar-refractivity contribution is 5.79. The van der Waals surface area contributed by atoms with Crippen LogP contribution in [0.3, 0.4) is 0 Å². The quantitative estimate of drug-likeness (QED) is 0.848. The number of methoxy groups -OCH3 is 1. The monoisotopic (exact) mass is 265 g/mol. The maximum Gasteiger partial charge on any atom is 0.225 e. The minimum atomic E-state index is -1.47. The molecule has 2 unspecified atom stereocenters. The Morgan fingerprint density at radius 1 is 1.53 bits per heavy atom. The van der Waals surface area contributed by atoms with Crippen LogP contribution in [-0.2, 0) is 11.3 Å². The van der Waals surface area contributed by atoms with Crippen LogP contribution < -0.4 is 4.74 Å². The van der Waals surface area contributed by atoms with E-state index >= 15 is 0 Å². The third-order valence-electron chi connectivity index (χ3n) is 3.62. The van der Waals surface area contributed by atoms with Crippen LogP contribution in [-0.4, -0.2) is 40.0 Å². The van der Waals surface area contributed by atoms with Gasteiger partial charge in [0.25, 0.3) is 0 Å². The number of hydrogen-bond donors (Lipinski definition) is 2. The van der Waals surface area contributed by atoms with Crippen LogP contribution in [0.4, 0.5) is 0 Å². The van der Waals surface area contributed by atoms with Crippen molar-refractivity contribution in [2.75, 3.05) is 7.11 Å². The van der Waals surface area contributed by atoms with Gasteiger partial charge in [0.15, 0.2) is 5.72 Å². The standard InChI is InChI=1S/C14H19NO4/c1-10(16)14(18)7-6-13(17)15(14)9-11-4-3-5-12(8-11)19-2/h3-5,8,10,16,18H,6-7,9H2,1-2H3. The number of rotatable bonds is 4. The van der Waals surface area contributed by atoms with Crippen molar-refractivity contribution in [1.82, 2.24) is 4.90 Å². The molecule has 1 fully saturated rings. The van der Waals surface area contributed by atoms with Crippen molar-refractivity contribution in [3.63, 3.8) is 0 Å². The molecule has 1 aliphatic heterocycles. The van der Waals surface area contributed by atoms with Crippen LogP contribution in [0.2, 0.25) is 0 Å². The molecule has 2 N–H and O–H groups in total. The summed E-state index contributed by atoms with van der Waals surface area (Å²) >= 11 is 0. The zero-order chi connectivity index (χ0) is 14.0. The summed E-state index contributed by atoms with van der Waals surface area (Å²) in [6.07, 6.45) is -0.469. The summed E-state index contributed by atoms with van der Waals surface area (Å²) in [5, 5.41) is 20.1. The number of likely N-dealkylation sites (tertiary alicyclic amines) is 1. The fourth-order valence-electron chi connectivity index (χ4n) is 2.39. The van der Waals surface area contributed by atoms with Crippen molar-refractivity contribution in [2.45, 2.75) is 38.1 Å². The first-order valence-corrected chi connectivity index (χ1v) is 6.31. The number of nitrogens with zero attached hydrogens (tertiary/aromatic N) is 1. The van der Waals surface area contributed by atoms with Gasteiger partial charge in [-0.1, -0.05) is 12.1 Å². The van der Waals surface area contributed by atoms with Crippen LogP contribution in [0, 0.1) is 0 Å². The number of benzene rings is 1. The van der Waals surface area contributed by atoms with E-state index in [1.54, 1.807) is 7.11 Å². The molecule has 1 aromatic carbocycles. The zero-order valence-electron chi connectivity index (χ0n) is 11.2. The van der Waals surface area contributed by atoms with E-state index in [-0.39, 0.29) is 25.3 Å². The van der Waals surface area contributed by atoms with Gasteiger partial charge in [0.05, 0.1) is 13.2 Å². The highest BCUT2D eigenvalue weighted by Crippen LogP contribution is 2.32. The average Bonchev–Trinajstić information content (AvgIpc) is 2.69. The molecule has 0 aliphatic carbocycles. The molecule has 1 aromatic rings. The van der Waals surface area contributed by atoms with E-state index in [2.05, 4.69) is 0 Å². The molecule has 1 saturated heterocycles. The summed E-state index contributed by atoms with van der Waals surface area (Å²) in [5.74, 6) is 0.552. The van der Waals surface area contributed by atoms with Gasteiger partial charge in [-0.05, 0) is 24.6 Å². The largest absolute Gasteiger partial charge is 0.497 e. The highest BCUT2D eigenvalue weighted by atomic mass is 16.5. The molecule has 2 rings (SSSR count). The molecule has 1 aliphatic rings. The lowest BCUT2D eigenvalue weighted by atomic mass is 10.0. The maximum absolute atomic E-state index is 11.9. The van der Waals surface area contributed by atoms with Gasteiger partial charge in [0.2, 0.25) is 5.91 Å².